The molecular formula is C23H37N5O2. The van der Waals surface area contributed by atoms with Crippen molar-refractivity contribution in [1.82, 2.24) is 20.9 Å². The lowest BCUT2D eigenvalue weighted by molar-refractivity contribution is 0.179. The highest BCUT2D eigenvalue weighted by atomic mass is 16.5. The monoisotopic (exact) mass is 415 g/mol. The Morgan fingerprint density at radius 1 is 1.27 bits per heavy atom. The molecule has 1 fully saturated rings. The molecule has 0 aromatic heterocycles. The fraction of sp³-hybridized carbons (Fsp3) is 0.652. The van der Waals surface area contributed by atoms with E-state index in [2.05, 4.69) is 58.3 Å². The maximum Gasteiger partial charge on any atom is 0.133 e. The molecule has 7 heteroatoms. The minimum absolute atomic E-state index is 0.0104. The van der Waals surface area contributed by atoms with E-state index >= 15 is 0 Å². The Morgan fingerprint density at radius 3 is 3.03 bits per heavy atom. The fourth-order valence-electron chi connectivity index (χ4n) is 4.62. The first-order chi connectivity index (χ1) is 14.6. The Bertz CT molecular complexity index is 753. The van der Waals surface area contributed by atoms with Gasteiger partial charge in [0.05, 0.1) is 19.4 Å². The van der Waals surface area contributed by atoms with E-state index in [-0.39, 0.29) is 12.5 Å². The highest BCUT2D eigenvalue weighted by Crippen LogP contribution is 2.39. The van der Waals surface area contributed by atoms with E-state index < -0.39 is 0 Å². The summed E-state index contributed by atoms with van der Waals surface area (Å²) < 4.78 is 11.2. The Hall–Kier alpha value is -1.64. The summed E-state index contributed by atoms with van der Waals surface area (Å²) in [4.78, 5) is 2.38. The number of allylic oxidation sites excluding steroid dienone is 1. The molecule has 0 saturated carbocycles. The van der Waals surface area contributed by atoms with Crippen molar-refractivity contribution >= 4 is 11.3 Å². The second-order valence-electron chi connectivity index (χ2n) is 8.75. The zero-order valence-corrected chi connectivity index (χ0v) is 18.6. The maximum atomic E-state index is 6.05. The van der Waals surface area contributed by atoms with Gasteiger partial charge >= 0.3 is 0 Å². The summed E-state index contributed by atoms with van der Waals surface area (Å²) in [6, 6.07) is 4.95. The molecule has 166 valence electrons. The number of hydrogen-bond donors (Lipinski definition) is 4. The Kier molecular flexibility index (Phi) is 7.28. The van der Waals surface area contributed by atoms with Gasteiger partial charge in [0.1, 0.15) is 12.0 Å². The third-order valence-corrected chi connectivity index (χ3v) is 6.18. The summed E-state index contributed by atoms with van der Waals surface area (Å²) in [5, 5.41) is 14.5. The zero-order chi connectivity index (χ0) is 20.9. The number of benzene rings is 1. The molecule has 1 aromatic rings. The molecule has 0 amide bonds. The third-order valence-electron chi connectivity index (χ3n) is 6.18. The molecule has 4 rings (SSSR count). The Morgan fingerprint density at radius 2 is 2.17 bits per heavy atom. The van der Waals surface area contributed by atoms with Gasteiger partial charge in [-0.2, -0.15) is 0 Å². The SMILES string of the molecule is COCCNC1CC(C)NC(Nc2cc3c(c(C4=CCN(C)CCC4)c2)OCC3)N1. The molecule has 0 bridgehead atoms. The largest absolute Gasteiger partial charge is 0.492 e. The van der Waals surface area contributed by atoms with Crippen LogP contribution in [0.2, 0.25) is 0 Å². The van der Waals surface area contributed by atoms with Crippen LogP contribution in [0, 0.1) is 0 Å². The molecule has 0 radical (unpaired) electrons. The van der Waals surface area contributed by atoms with Crippen LogP contribution >= 0.6 is 0 Å². The lowest BCUT2D eigenvalue weighted by Gasteiger charge is -2.37. The van der Waals surface area contributed by atoms with E-state index in [1.807, 2.05) is 0 Å². The molecular weight excluding hydrogens is 378 g/mol. The highest BCUT2D eigenvalue weighted by molar-refractivity contribution is 5.76. The van der Waals surface area contributed by atoms with Crippen LogP contribution in [0.3, 0.4) is 0 Å². The Labute approximate surface area is 180 Å². The van der Waals surface area contributed by atoms with Crippen LogP contribution in [0.4, 0.5) is 5.69 Å². The van der Waals surface area contributed by atoms with Gasteiger partial charge in [-0.25, -0.2) is 0 Å². The van der Waals surface area contributed by atoms with Crippen molar-refractivity contribution in [2.75, 3.05) is 52.3 Å². The zero-order valence-electron chi connectivity index (χ0n) is 18.6. The van der Waals surface area contributed by atoms with Crippen molar-refractivity contribution in [2.45, 2.75) is 51.1 Å². The van der Waals surface area contributed by atoms with E-state index in [9.17, 15) is 0 Å². The number of hydrogen-bond acceptors (Lipinski definition) is 7. The molecule has 0 spiro atoms. The minimum Gasteiger partial charge on any atom is -0.492 e. The average molecular weight is 416 g/mol. The molecule has 30 heavy (non-hydrogen) atoms. The first kappa shape index (κ1) is 21.6. The normalized spacial score (nSPS) is 27.2. The van der Waals surface area contributed by atoms with Crippen LogP contribution in [-0.2, 0) is 11.2 Å². The number of rotatable bonds is 7. The molecule has 1 aromatic carbocycles. The number of nitrogens with zero attached hydrogens (tertiary/aromatic N) is 1. The highest BCUT2D eigenvalue weighted by Gasteiger charge is 2.26. The first-order valence-electron chi connectivity index (χ1n) is 11.3. The van der Waals surface area contributed by atoms with Crippen LogP contribution in [-0.4, -0.2) is 70.4 Å². The van der Waals surface area contributed by atoms with E-state index in [0.29, 0.717) is 6.04 Å². The summed E-state index contributed by atoms with van der Waals surface area (Å²) in [5.41, 5.74) is 5.13. The van der Waals surface area contributed by atoms with Gasteiger partial charge in [0.25, 0.3) is 0 Å². The van der Waals surface area contributed by atoms with E-state index in [4.69, 9.17) is 9.47 Å². The van der Waals surface area contributed by atoms with Crippen LogP contribution < -0.4 is 26.0 Å². The number of fused-ring (bicyclic) bond motifs is 1. The summed E-state index contributed by atoms with van der Waals surface area (Å²) in [5.74, 6) is 1.09. The van der Waals surface area contributed by atoms with Gasteiger partial charge in [0, 0.05) is 49.5 Å². The van der Waals surface area contributed by atoms with Crippen molar-refractivity contribution in [1.29, 1.82) is 0 Å². The van der Waals surface area contributed by atoms with Gasteiger partial charge < -0.3 is 19.7 Å². The van der Waals surface area contributed by atoms with E-state index in [0.717, 1.165) is 63.5 Å². The molecule has 3 heterocycles. The average Bonchev–Trinajstić information content (AvgIpc) is 3.08. The number of methoxy groups -OCH3 is 1. The standard InChI is InChI=1S/C23H37N5O2/c1-16-13-21(24-8-12-29-3)27-23(25-16)26-19-14-18-7-11-30-22(18)20(15-19)17-5-4-9-28(2)10-6-17/h6,14-16,21,23-27H,4-5,7-13H2,1-3H3. The number of anilines is 1. The van der Waals surface area contributed by atoms with Gasteiger partial charge in [0.15, 0.2) is 0 Å². The lowest BCUT2D eigenvalue weighted by Crippen LogP contribution is -2.64. The summed E-state index contributed by atoms with van der Waals surface area (Å²) >= 11 is 0. The van der Waals surface area contributed by atoms with Crippen molar-refractivity contribution in [3.05, 3.63) is 29.3 Å². The molecule has 3 aliphatic rings. The summed E-state index contributed by atoms with van der Waals surface area (Å²) in [6.07, 6.45) is 6.95. The van der Waals surface area contributed by atoms with Gasteiger partial charge in [-0.3, -0.25) is 16.0 Å². The van der Waals surface area contributed by atoms with Gasteiger partial charge in [-0.05, 0) is 57.5 Å². The van der Waals surface area contributed by atoms with Crippen molar-refractivity contribution < 1.29 is 9.47 Å². The van der Waals surface area contributed by atoms with Crippen molar-refractivity contribution in [3.63, 3.8) is 0 Å². The van der Waals surface area contributed by atoms with Crippen LogP contribution in [0.5, 0.6) is 5.75 Å². The lowest BCUT2D eigenvalue weighted by atomic mass is 9.96. The predicted molar refractivity (Wildman–Crippen MR) is 122 cm³/mol. The molecule has 4 N–H and O–H groups in total. The molecule has 1 saturated heterocycles. The van der Waals surface area contributed by atoms with Crippen LogP contribution in [0.1, 0.15) is 37.3 Å². The third kappa shape index (κ3) is 5.34. The molecule has 0 aliphatic carbocycles. The number of likely N-dealkylation sites (N-methyl/N-ethyl adjacent to an activating group) is 1. The minimum atomic E-state index is 0.0104. The van der Waals surface area contributed by atoms with E-state index in [1.54, 1.807) is 7.11 Å². The predicted octanol–water partition coefficient (Wildman–Crippen LogP) is 1.96. The van der Waals surface area contributed by atoms with Gasteiger partial charge in [-0.15, -0.1) is 0 Å². The van der Waals surface area contributed by atoms with Gasteiger partial charge in [-0.1, -0.05) is 6.08 Å². The smallest absolute Gasteiger partial charge is 0.133 e. The Balaban J connectivity index is 1.50. The molecule has 3 atom stereocenters. The second kappa shape index (κ2) is 10.1. The second-order valence-corrected chi connectivity index (χ2v) is 8.75. The van der Waals surface area contributed by atoms with Crippen molar-refractivity contribution in [2.24, 2.45) is 0 Å². The van der Waals surface area contributed by atoms with Crippen LogP contribution in [0.15, 0.2) is 18.2 Å². The first-order valence-corrected chi connectivity index (χ1v) is 11.3. The van der Waals surface area contributed by atoms with Gasteiger partial charge in [0.2, 0.25) is 0 Å². The van der Waals surface area contributed by atoms with Crippen molar-refractivity contribution in [3.8, 4) is 5.75 Å². The quantitative estimate of drug-likeness (QED) is 0.508. The van der Waals surface area contributed by atoms with E-state index in [1.165, 1.54) is 23.1 Å². The molecule has 3 unspecified atom stereocenters. The number of ether oxygens (including phenoxy) is 2. The fourth-order valence-corrected chi connectivity index (χ4v) is 4.62. The van der Waals surface area contributed by atoms with Crippen LogP contribution in [0.25, 0.3) is 5.57 Å². The molecule has 3 aliphatic heterocycles. The molecule has 7 nitrogen and oxygen atoms in total. The summed E-state index contributed by atoms with van der Waals surface area (Å²) in [6.45, 7) is 6.72. The maximum absolute atomic E-state index is 6.05. The summed E-state index contributed by atoms with van der Waals surface area (Å²) in [7, 11) is 3.93. The number of nitrogens with one attached hydrogen (secondary N) is 4. The topological polar surface area (TPSA) is 69.8 Å².